The number of rotatable bonds is 6. The molecule has 0 bridgehead atoms. The van der Waals surface area contributed by atoms with Gasteiger partial charge in [0.15, 0.2) is 0 Å². The van der Waals surface area contributed by atoms with Crippen LogP contribution in [0.1, 0.15) is 38.2 Å². The van der Waals surface area contributed by atoms with E-state index in [9.17, 15) is 9.59 Å². The zero-order valence-electron chi connectivity index (χ0n) is 15.0. The molecule has 0 radical (unpaired) electrons. The predicted octanol–water partition coefficient (Wildman–Crippen LogP) is 1.97. The van der Waals surface area contributed by atoms with Gasteiger partial charge in [-0.2, -0.15) is 0 Å². The Morgan fingerprint density at radius 2 is 2.04 bits per heavy atom. The molecule has 1 atom stereocenters. The molecule has 1 aromatic heterocycles. The number of carbonyl (C=O) groups is 2. The molecule has 1 aliphatic heterocycles. The molecule has 2 heterocycles. The second-order valence-corrected chi connectivity index (χ2v) is 7.65. The number of nitrogens with two attached hydrogens (primary N) is 1. The van der Waals surface area contributed by atoms with Crippen LogP contribution in [0.3, 0.4) is 0 Å². The summed E-state index contributed by atoms with van der Waals surface area (Å²) in [7, 11) is 0. The molecular formula is C19H25N5O2. The van der Waals surface area contributed by atoms with Crippen molar-refractivity contribution >= 4 is 17.8 Å². The van der Waals surface area contributed by atoms with Gasteiger partial charge in [-0.1, -0.05) is 0 Å². The summed E-state index contributed by atoms with van der Waals surface area (Å²) in [5, 5.41) is 5.69. The third kappa shape index (κ3) is 3.66. The molecule has 26 heavy (non-hydrogen) atoms. The maximum atomic E-state index is 12.6. The van der Waals surface area contributed by atoms with Crippen LogP contribution in [-0.2, 0) is 11.3 Å². The highest BCUT2D eigenvalue weighted by atomic mass is 16.2. The molecule has 0 spiro atoms. The summed E-state index contributed by atoms with van der Waals surface area (Å²) in [5.74, 6) is 1.21. The van der Waals surface area contributed by atoms with Gasteiger partial charge in [0.05, 0.1) is 5.70 Å². The van der Waals surface area contributed by atoms with Gasteiger partial charge in [-0.3, -0.25) is 4.79 Å². The van der Waals surface area contributed by atoms with Crippen LogP contribution in [0.5, 0.6) is 0 Å². The van der Waals surface area contributed by atoms with Crippen LogP contribution >= 0.6 is 0 Å². The van der Waals surface area contributed by atoms with E-state index in [-0.39, 0.29) is 18.0 Å². The first kappa shape index (κ1) is 16.9. The average molecular weight is 355 g/mol. The molecule has 4 N–H and O–H groups in total. The van der Waals surface area contributed by atoms with E-state index >= 15 is 0 Å². The normalized spacial score (nSPS) is 22.1. The first-order valence-electron chi connectivity index (χ1n) is 9.32. The lowest BCUT2D eigenvalue weighted by atomic mass is 10.0. The molecule has 1 saturated heterocycles. The Balaban J connectivity index is 1.44. The summed E-state index contributed by atoms with van der Waals surface area (Å²) in [6.45, 7) is 3.13. The van der Waals surface area contributed by atoms with Gasteiger partial charge in [-0.15, -0.1) is 0 Å². The van der Waals surface area contributed by atoms with E-state index in [1.54, 1.807) is 17.2 Å². The maximum absolute atomic E-state index is 12.6. The number of aromatic nitrogens is 1. The van der Waals surface area contributed by atoms with Gasteiger partial charge in [-0.05, 0) is 67.7 Å². The van der Waals surface area contributed by atoms with Gasteiger partial charge in [0, 0.05) is 25.3 Å². The standard InChI is InChI=1S/C19H25N5O2/c1-11-9-24(19(26)22-11)10-12-6-7-21-15(8-12)23-18(25)17(20)16(13-2-3-13)14-4-5-14/h6-8,11,13-14H,2-5,9-10,20H2,1H3,(H,22,26)(H,21,23,25)/t11-/m1/s1. The number of hydrogen-bond acceptors (Lipinski definition) is 4. The van der Waals surface area contributed by atoms with Crippen molar-refractivity contribution in [1.29, 1.82) is 0 Å². The van der Waals surface area contributed by atoms with E-state index in [4.69, 9.17) is 5.73 Å². The number of anilines is 1. The molecule has 0 aromatic carbocycles. The molecule has 138 valence electrons. The number of amides is 3. The zero-order chi connectivity index (χ0) is 18.3. The highest BCUT2D eigenvalue weighted by Gasteiger charge is 2.39. The third-order valence-corrected chi connectivity index (χ3v) is 5.18. The summed E-state index contributed by atoms with van der Waals surface area (Å²) in [6.07, 6.45) is 6.21. The van der Waals surface area contributed by atoms with Gasteiger partial charge in [-0.25, -0.2) is 9.78 Å². The molecule has 2 aliphatic carbocycles. The molecule has 2 saturated carbocycles. The Morgan fingerprint density at radius 3 is 2.62 bits per heavy atom. The summed E-state index contributed by atoms with van der Waals surface area (Å²) in [4.78, 5) is 30.4. The van der Waals surface area contributed by atoms with Gasteiger partial charge in [0.2, 0.25) is 0 Å². The highest BCUT2D eigenvalue weighted by molar-refractivity contribution is 6.03. The second-order valence-electron chi connectivity index (χ2n) is 7.65. The molecule has 4 rings (SSSR count). The lowest BCUT2D eigenvalue weighted by Gasteiger charge is -2.15. The Labute approximate surface area is 153 Å². The second kappa shape index (κ2) is 6.63. The smallest absolute Gasteiger partial charge is 0.318 e. The van der Waals surface area contributed by atoms with Crippen LogP contribution in [0.2, 0.25) is 0 Å². The minimum absolute atomic E-state index is 0.0643. The number of hydrogen-bond donors (Lipinski definition) is 3. The molecule has 1 aromatic rings. The number of allylic oxidation sites excluding steroid dienone is 1. The van der Waals surface area contributed by atoms with Crippen molar-refractivity contribution in [3.05, 3.63) is 35.2 Å². The van der Waals surface area contributed by atoms with Crippen LogP contribution in [0.15, 0.2) is 29.6 Å². The first-order valence-corrected chi connectivity index (χ1v) is 9.32. The topological polar surface area (TPSA) is 100 Å². The average Bonchev–Trinajstić information content (AvgIpc) is 3.50. The van der Waals surface area contributed by atoms with E-state index in [1.807, 2.05) is 13.0 Å². The Morgan fingerprint density at radius 1 is 1.35 bits per heavy atom. The molecule has 3 amide bonds. The van der Waals surface area contributed by atoms with Crippen molar-refractivity contribution in [2.45, 2.75) is 45.2 Å². The Kier molecular flexibility index (Phi) is 4.30. The first-order chi connectivity index (χ1) is 12.5. The number of carbonyl (C=O) groups excluding carboxylic acids is 2. The van der Waals surface area contributed by atoms with Crippen LogP contribution in [0.4, 0.5) is 10.6 Å². The predicted molar refractivity (Wildman–Crippen MR) is 97.9 cm³/mol. The van der Waals surface area contributed by atoms with Gasteiger partial charge in [0.25, 0.3) is 5.91 Å². The van der Waals surface area contributed by atoms with E-state index in [1.165, 1.54) is 0 Å². The number of urea groups is 1. The molecule has 3 fully saturated rings. The van der Waals surface area contributed by atoms with Crippen molar-refractivity contribution in [1.82, 2.24) is 15.2 Å². The largest absolute Gasteiger partial charge is 0.394 e. The van der Waals surface area contributed by atoms with Crippen LogP contribution in [-0.4, -0.2) is 34.4 Å². The number of pyridine rings is 1. The van der Waals surface area contributed by atoms with E-state index in [2.05, 4.69) is 15.6 Å². The SMILES string of the molecule is C[C@@H]1CN(Cc2ccnc(NC(=O)C(N)=C(C3CC3)C3CC3)c2)C(=O)N1. The van der Waals surface area contributed by atoms with E-state index in [0.29, 0.717) is 36.4 Å². The minimum Gasteiger partial charge on any atom is -0.394 e. The monoisotopic (exact) mass is 355 g/mol. The zero-order valence-corrected chi connectivity index (χ0v) is 15.0. The molecule has 7 nitrogen and oxygen atoms in total. The van der Waals surface area contributed by atoms with E-state index in [0.717, 1.165) is 36.8 Å². The Hall–Kier alpha value is -2.57. The minimum atomic E-state index is -0.268. The maximum Gasteiger partial charge on any atom is 0.318 e. The van der Waals surface area contributed by atoms with Crippen molar-refractivity contribution in [2.24, 2.45) is 17.6 Å². The van der Waals surface area contributed by atoms with Crippen LogP contribution in [0.25, 0.3) is 0 Å². The van der Waals surface area contributed by atoms with Crippen LogP contribution < -0.4 is 16.4 Å². The summed E-state index contributed by atoms with van der Waals surface area (Å²) < 4.78 is 0. The molecule has 3 aliphatic rings. The van der Waals surface area contributed by atoms with Gasteiger partial charge >= 0.3 is 6.03 Å². The fourth-order valence-electron chi connectivity index (χ4n) is 3.64. The summed E-state index contributed by atoms with van der Waals surface area (Å²) in [6, 6.07) is 3.74. The Bertz CT molecular complexity index is 753. The highest BCUT2D eigenvalue weighted by Crippen LogP contribution is 2.49. The van der Waals surface area contributed by atoms with Gasteiger partial charge in [0.1, 0.15) is 5.82 Å². The quantitative estimate of drug-likeness (QED) is 0.679. The summed E-state index contributed by atoms with van der Waals surface area (Å²) >= 11 is 0. The fraction of sp³-hybridized carbons (Fsp3) is 0.526. The molecule has 7 heteroatoms. The van der Waals surface area contributed by atoms with Crippen molar-refractivity contribution in [2.75, 3.05) is 11.9 Å². The number of nitrogens with zero attached hydrogens (tertiary/aromatic N) is 2. The lowest BCUT2D eigenvalue weighted by molar-refractivity contribution is -0.113. The van der Waals surface area contributed by atoms with E-state index < -0.39 is 0 Å². The fourth-order valence-corrected chi connectivity index (χ4v) is 3.64. The third-order valence-electron chi connectivity index (χ3n) is 5.18. The lowest BCUT2D eigenvalue weighted by Crippen LogP contribution is -2.28. The van der Waals surface area contributed by atoms with Crippen molar-refractivity contribution in [3.8, 4) is 0 Å². The van der Waals surface area contributed by atoms with Crippen molar-refractivity contribution in [3.63, 3.8) is 0 Å². The number of nitrogens with one attached hydrogen (secondary N) is 2. The molecule has 0 unspecified atom stereocenters. The van der Waals surface area contributed by atoms with Crippen LogP contribution in [0, 0.1) is 11.8 Å². The summed E-state index contributed by atoms with van der Waals surface area (Å²) in [5.41, 5.74) is 8.62. The van der Waals surface area contributed by atoms with Gasteiger partial charge < -0.3 is 21.3 Å². The molecular weight excluding hydrogens is 330 g/mol. The van der Waals surface area contributed by atoms with Crippen molar-refractivity contribution < 1.29 is 9.59 Å².